The van der Waals surface area contributed by atoms with Crippen LogP contribution in [0.1, 0.15) is 23.0 Å². The van der Waals surface area contributed by atoms with Crippen LogP contribution in [0.5, 0.6) is 0 Å². The molecular weight excluding hydrogens is 349 g/mol. The Morgan fingerprint density at radius 1 is 1.27 bits per heavy atom. The molecule has 1 aliphatic rings. The minimum absolute atomic E-state index is 0.0921. The Balaban J connectivity index is 1.86. The Kier molecular flexibility index (Phi) is 4.47. The van der Waals surface area contributed by atoms with Crippen LogP contribution in [0.25, 0.3) is 11.3 Å². The number of H-pyrrole nitrogens is 1. The lowest BCUT2D eigenvalue weighted by molar-refractivity contribution is -0.141. The van der Waals surface area contributed by atoms with Crippen LogP contribution in [0.3, 0.4) is 0 Å². The van der Waals surface area contributed by atoms with Crippen molar-refractivity contribution in [2.75, 3.05) is 20.1 Å². The number of rotatable bonds is 2. The number of halogens is 3. The van der Waals surface area contributed by atoms with Gasteiger partial charge in [-0.1, -0.05) is 12.1 Å². The zero-order valence-corrected chi connectivity index (χ0v) is 14.2. The molecule has 1 N–H and O–H groups in total. The van der Waals surface area contributed by atoms with Crippen LogP contribution in [-0.2, 0) is 11.0 Å². The molecule has 1 aromatic carbocycles. The van der Waals surface area contributed by atoms with E-state index in [0.717, 1.165) is 6.07 Å². The maximum atomic E-state index is 12.8. The lowest BCUT2D eigenvalue weighted by Crippen LogP contribution is -2.56. The second-order valence-corrected chi connectivity index (χ2v) is 6.18. The monoisotopic (exact) mass is 366 g/mol. The number of amides is 2. The first kappa shape index (κ1) is 18.0. The van der Waals surface area contributed by atoms with Crippen molar-refractivity contribution in [3.63, 3.8) is 0 Å². The van der Waals surface area contributed by atoms with Crippen LogP contribution >= 0.6 is 0 Å². The molecule has 0 bridgehead atoms. The number of aromatic amines is 1. The topological polar surface area (TPSA) is 69.3 Å². The Morgan fingerprint density at radius 3 is 2.65 bits per heavy atom. The third-order valence-electron chi connectivity index (χ3n) is 4.43. The van der Waals surface area contributed by atoms with Crippen molar-refractivity contribution in [3.8, 4) is 11.3 Å². The zero-order chi connectivity index (χ0) is 19.1. The van der Waals surface area contributed by atoms with Gasteiger partial charge in [0.15, 0.2) is 0 Å². The molecule has 6 nitrogen and oxygen atoms in total. The first-order chi connectivity index (χ1) is 12.2. The number of alkyl halides is 3. The number of likely N-dealkylation sites (N-methyl/N-ethyl adjacent to an activating group) is 1. The molecule has 0 spiro atoms. The third kappa shape index (κ3) is 3.29. The fourth-order valence-electron chi connectivity index (χ4n) is 2.88. The molecule has 138 valence electrons. The molecule has 1 saturated heterocycles. The highest BCUT2D eigenvalue weighted by atomic mass is 19.4. The number of carbonyl (C=O) groups is 2. The summed E-state index contributed by atoms with van der Waals surface area (Å²) in [6.07, 6.45) is -4.52. The number of hydrogen-bond acceptors (Lipinski definition) is 3. The second kappa shape index (κ2) is 6.47. The summed E-state index contributed by atoms with van der Waals surface area (Å²) in [5, 5.41) is 5.63. The second-order valence-electron chi connectivity index (χ2n) is 6.18. The molecule has 1 atom stereocenters. The van der Waals surface area contributed by atoms with Crippen molar-refractivity contribution >= 4 is 11.8 Å². The first-order valence-corrected chi connectivity index (χ1v) is 7.97. The number of hydrogen-bond donors (Lipinski definition) is 1. The summed E-state index contributed by atoms with van der Waals surface area (Å²) in [6.45, 7) is 2.49. The van der Waals surface area contributed by atoms with E-state index >= 15 is 0 Å². The maximum Gasteiger partial charge on any atom is 0.432 e. The molecule has 26 heavy (non-hydrogen) atoms. The molecule has 1 fully saturated rings. The van der Waals surface area contributed by atoms with Gasteiger partial charge in [-0.3, -0.25) is 14.7 Å². The van der Waals surface area contributed by atoms with E-state index in [1.807, 2.05) is 5.10 Å². The first-order valence-electron chi connectivity index (χ1n) is 7.97. The standard InChI is InChI=1S/C17H17F3N4O2/c1-10-15(25)23(2)6-7-24(10)16(26)12-5-3-4-11(8-12)13-9-14(22-21-13)17(18,19)20/h3-5,8-10H,6-7H2,1-2H3,(H,21,22)/t10-/m0/s1. The fraction of sp³-hybridized carbons (Fsp3) is 0.353. The number of benzene rings is 1. The molecule has 3 rings (SSSR count). The van der Waals surface area contributed by atoms with E-state index in [4.69, 9.17) is 0 Å². The highest BCUT2D eigenvalue weighted by Gasteiger charge is 2.34. The number of piperazine rings is 1. The summed E-state index contributed by atoms with van der Waals surface area (Å²) in [4.78, 5) is 27.9. The molecule has 0 aliphatic carbocycles. The van der Waals surface area contributed by atoms with E-state index in [2.05, 4.69) is 5.10 Å². The van der Waals surface area contributed by atoms with Crippen molar-refractivity contribution in [2.45, 2.75) is 19.1 Å². The van der Waals surface area contributed by atoms with Gasteiger partial charge in [-0.2, -0.15) is 18.3 Å². The van der Waals surface area contributed by atoms with Gasteiger partial charge in [-0.15, -0.1) is 0 Å². The molecule has 2 heterocycles. The molecule has 1 aliphatic heterocycles. The summed E-state index contributed by atoms with van der Waals surface area (Å²) < 4.78 is 38.1. The molecule has 0 saturated carbocycles. The average Bonchev–Trinajstić information content (AvgIpc) is 3.10. The van der Waals surface area contributed by atoms with Gasteiger partial charge in [0, 0.05) is 31.3 Å². The van der Waals surface area contributed by atoms with E-state index in [-0.39, 0.29) is 17.5 Å². The lowest BCUT2D eigenvalue weighted by atomic mass is 10.1. The summed E-state index contributed by atoms with van der Waals surface area (Å²) in [6, 6.07) is 6.50. The molecule has 2 aromatic rings. The van der Waals surface area contributed by atoms with E-state index < -0.39 is 17.9 Å². The highest BCUT2D eigenvalue weighted by Crippen LogP contribution is 2.30. The Morgan fingerprint density at radius 2 is 2.00 bits per heavy atom. The van der Waals surface area contributed by atoms with Crippen molar-refractivity contribution in [1.29, 1.82) is 0 Å². The van der Waals surface area contributed by atoms with Crippen molar-refractivity contribution in [1.82, 2.24) is 20.0 Å². The normalized spacial score (nSPS) is 18.3. The van der Waals surface area contributed by atoms with E-state index in [1.54, 1.807) is 37.1 Å². The lowest BCUT2D eigenvalue weighted by Gasteiger charge is -2.37. The molecular formula is C17H17F3N4O2. The number of nitrogens with zero attached hydrogens (tertiary/aromatic N) is 3. The van der Waals surface area contributed by atoms with Crippen LogP contribution in [0.4, 0.5) is 13.2 Å². The predicted molar refractivity (Wildman–Crippen MR) is 87.2 cm³/mol. The van der Waals surface area contributed by atoms with Crippen LogP contribution in [-0.4, -0.2) is 58.0 Å². The van der Waals surface area contributed by atoms with Gasteiger partial charge < -0.3 is 9.80 Å². The highest BCUT2D eigenvalue weighted by molar-refractivity contribution is 5.98. The van der Waals surface area contributed by atoms with Crippen molar-refractivity contribution in [3.05, 3.63) is 41.6 Å². The summed E-state index contributed by atoms with van der Waals surface area (Å²) in [5.74, 6) is -0.491. The molecule has 2 amide bonds. The quantitative estimate of drug-likeness (QED) is 0.887. The molecule has 0 unspecified atom stereocenters. The third-order valence-corrected chi connectivity index (χ3v) is 4.43. The van der Waals surface area contributed by atoms with E-state index in [0.29, 0.717) is 24.2 Å². The summed E-state index contributed by atoms with van der Waals surface area (Å²) in [7, 11) is 1.68. The van der Waals surface area contributed by atoms with Gasteiger partial charge in [0.05, 0.1) is 5.69 Å². The largest absolute Gasteiger partial charge is 0.432 e. The van der Waals surface area contributed by atoms with Gasteiger partial charge in [-0.25, -0.2) is 0 Å². The van der Waals surface area contributed by atoms with Gasteiger partial charge in [0.25, 0.3) is 5.91 Å². The van der Waals surface area contributed by atoms with Crippen LogP contribution in [0, 0.1) is 0 Å². The Hall–Kier alpha value is -2.84. The Bertz CT molecular complexity index is 847. The predicted octanol–water partition coefficient (Wildman–Crippen LogP) is 2.40. The van der Waals surface area contributed by atoms with Gasteiger partial charge in [0.1, 0.15) is 11.7 Å². The summed E-state index contributed by atoms with van der Waals surface area (Å²) >= 11 is 0. The van der Waals surface area contributed by atoms with Crippen LogP contribution in [0.15, 0.2) is 30.3 Å². The Labute approximate surface area is 147 Å². The minimum Gasteiger partial charge on any atom is -0.342 e. The average molecular weight is 366 g/mol. The number of carbonyl (C=O) groups excluding carboxylic acids is 2. The molecule has 0 radical (unpaired) electrons. The smallest absolute Gasteiger partial charge is 0.342 e. The van der Waals surface area contributed by atoms with Gasteiger partial charge in [0.2, 0.25) is 5.91 Å². The van der Waals surface area contributed by atoms with Crippen LogP contribution < -0.4 is 0 Å². The van der Waals surface area contributed by atoms with Gasteiger partial charge >= 0.3 is 6.18 Å². The van der Waals surface area contributed by atoms with Crippen molar-refractivity contribution in [2.24, 2.45) is 0 Å². The number of aromatic nitrogens is 2. The molecule has 1 aromatic heterocycles. The fourth-order valence-corrected chi connectivity index (χ4v) is 2.88. The zero-order valence-electron chi connectivity index (χ0n) is 14.2. The SMILES string of the molecule is C[C@H]1C(=O)N(C)CCN1C(=O)c1cccc(-c2cc(C(F)(F)F)[nH]n2)c1. The maximum absolute atomic E-state index is 12.8. The van der Waals surface area contributed by atoms with E-state index in [9.17, 15) is 22.8 Å². The molecule has 9 heteroatoms. The minimum atomic E-state index is -4.52. The number of nitrogens with one attached hydrogen (secondary N) is 1. The van der Waals surface area contributed by atoms with Crippen molar-refractivity contribution < 1.29 is 22.8 Å². The van der Waals surface area contributed by atoms with E-state index in [1.165, 1.54) is 11.0 Å². The van der Waals surface area contributed by atoms with Gasteiger partial charge in [-0.05, 0) is 25.1 Å². The summed E-state index contributed by atoms with van der Waals surface area (Å²) in [5.41, 5.74) is -0.184. The van der Waals surface area contributed by atoms with Crippen LogP contribution in [0.2, 0.25) is 0 Å².